The number of nitriles is 3. The monoisotopic (exact) mass is 258 g/mol. The van der Waals surface area contributed by atoms with Crippen LogP contribution >= 0.6 is 0 Å². The summed E-state index contributed by atoms with van der Waals surface area (Å²) in [4.78, 5) is 0. The van der Waals surface area contributed by atoms with Gasteiger partial charge in [-0.25, -0.2) is 4.39 Å². The Hall–Kier alpha value is -3.24. The van der Waals surface area contributed by atoms with Crippen LogP contribution in [0.1, 0.15) is 0 Å². The second kappa shape index (κ2) is 5.90. The summed E-state index contributed by atoms with van der Waals surface area (Å²) in [6.07, 6.45) is 0. The number of benzene rings is 1. The van der Waals surface area contributed by atoms with Crippen molar-refractivity contribution >= 4 is 5.69 Å². The summed E-state index contributed by atoms with van der Waals surface area (Å²) in [5, 5.41) is 37.9. The maximum atomic E-state index is 13.1. The number of hydrogen-bond donors (Lipinski definition) is 2. The summed E-state index contributed by atoms with van der Waals surface area (Å²) in [6.45, 7) is 0. The van der Waals surface area contributed by atoms with E-state index in [2.05, 4.69) is 5.32 Å². The van der Waals surface area contributed by atoms with E-state index in [0.717, 1.165) is 12.1 Å². The first-order valence-electron chi connectivity index (χ1n) is 4.85. The molecule has 0 radical (unpaired) electrons. The Morgan fingerprint density at radius 3 is 2.37 bits per heavy atom. The van der Waals surface area contributed by atoms with Crippen molar-refractivity contribution in [2.24, 2.45) is 0 Å². The normalized spacial score (nSPS) is 8.58. The summed E-state index contributed by atoms with van der Waals surface area (Å²) in [7, 11) is 1.27. The molecule has 0 aromatic heterocycles. The molecule has 0 fully saturated rings. The lowest BCUT2D eigenvalue weighted by Crippen LogP contribution is -2.03. The van der Waals surface area contributed by atoms with E-state index in [-0.39, 0.29) is 17.1 Å². The van der Waals surface area contributed by atoms with E-state index in [4.69, 9.17) is 20.5 Å². The van der Waals surface area contributed by atoms with Crippen molar-refractivity contribution in [1.82, 2.24) is 0 Å². The molecule has 0 bridgehead atoms. The quantitative estimate of drug-likeness (QED) is 0.799. The highest BCUT2D eigenvalue weighted by Gasteiger charge is 2.13. The van der Waals surface area contributed by atoms with E-state index in [1.807, 2.05) is 0 Å². The van der Waals surface area contributed by atoms with Crippen molar-refractivity contribution in [1.29, 1.82) is 15.8 Å². The molecule has 1 aromatic carbocycles. The molecule has 0 aliphatic heterocycles. The summed E-state index contributed by atoms with van der Waals surface area (Å²) in [5.41, 5.74) is -0.705. The largest absolute Gasteiger partial charge is 0.505 e. The van der Waals surface area contributed by atoms with E-state index < -0.39 is 17.1 Å². The molecule has 1 rings (SSSR count). The van der Waals surface area contributed by atoms with Crippen molar-refractivity contribution < 1.29 is 14.2 Å². The minimum atomic E-state index is -0.898. The summed E-state index contributed by atoms with van der Waals surface area (Å²) >= 11 is 0. The fraction of sp³-hybridized carbons (Fsp3) is 0.0833. The average molecular weight is 258 g/mol. The van der Waals surface area contributed by atoms with Crippen LogP contribution in [0.25, 0.3) is 0 Å². The first-order chi connectivity index (χ1) is 9.07. The molecule has 0 aliphatic rings. The van der Waals surface area contributed by atoms with Crippen LogP contribution in [0.5, 0.6) is 11.5 Å². The zero-order chi connectivity index (χ0) is 14.4. The fourth-order valence-corrected chi connectivity index (χ4v) is 1.23. The van der Waals surface area contributed by atoms with Crippen LogP contribution in [-0.2, 0) is 0 Å². The number of phenolic OH excluding ortho intramolecular Hbond substituents is 1. The van der Waals surface area contributed by atoms with Gasteiger partial charge in [0.15, 0.2) is 17.1 Å². The van der Waals surface area contributed by atoms with Gasteiger partial charge < -0.3 is 15.2 Å². The number of allylic oxidation sites excluding steroid dienone is 2. The molecule has 94 valence electrons. The van der Waals surface area contributed by atoms with Crippen LogP contribution in [0.4, 0.5) is 10.1 Å². The van der Waals surface area contributed by atoms with Crippen molar-refractivity contribution in [2.75, 3.05) is 12.4 Å². The molecule has 0 saturated heterocycles. The molecule has 0 unspecified atom stereocenters. The van der Waals surface area contributed by atoms with Crippen LogP contribution in [0.3, 0.4) is 0 Å². The van der Waals surface area contributed by atoms with Crippen molar-refractivity contribution in [3.8, 4) is 29.7 Å². The first kappa shape index (κ1) is 13.8. The highest BCUT2D eigenvalue weighted by atomic mass is 19.1. The predicted octanol–water partition coefficient (Wildman–Crippen LogP) is 1.78. The smallest absolute Gasteiger partial charge is 0.168 e. The van der Waals surface area contributed by atoms with Gasteiger partial charge in [0.1, 0.15) is 29.7 Å². The fourth-order valence-electron chi connectivity index (χ4n) is 1.23. The van der Waals surface area contributed by atoms with Crippen molar-refractivity contribution in [2.45, 2.75) is 0 Å². The van der Waals surface area contributed by atoms with Crippen LogP contribution < -0.4 is 10.1 Å². The zero-order valence-electron chi connectivity index (χ0n) is 9.73. The van der Waals surface area contributed by atoms with E-state index in [1.54, 1.807) is 18.2 Å². The molecule has 0 atom stereocenters. The third-order valence-electron chi connectivity index (χ3n) is 2.11. The molecular weight excluding hydrogens is 251 g/mol. The lowest BCUT2D eigenvalue weighted by Gasteiger charge is -2.11. The number of methoxy groups -OCH3 is 1. The molecule has 0 aliphatic carbocycles. The Balaban J connectivity index is 3.31. The van der Waals surface area contributed by atoms with E-state index in [9.17, 15) is 9.50 Å². The van der Waals surface area contributed by atoms with Crippen molar-refractivity contribution in [3.63, 3.8) is 0 Å². The standard InChI is InChI=1S/C12H7FN4O2/c1-19-12-2-8(13)11(18)3-9(12)17-10(6-16)7(4-14)5-15/h2-3,17-18H,1H3. The van der Waals surface area contributed by atoms with Gasteiger partial charge in [0, 0.05) is 12.1 Å². The third kappa shape index (κ3) is 2.91. The van der Waals surface area contributed by atoms with Gasteiger partial charge in [-0.1, -0.05) is 0 Å². The molecule has 6 nitrogen and oxygen atoms in total. The van der Waals surface area contributed by atoms with Gasteiger partial charge in [0.05, 0.1) is 12.8 Å². The molecule has 2 N–H and O–H groups in total. The molecule has 7 heteroatoms. The number of nitrogens with one attached hydrogen (secondary N) is 1. The van der Waals surface area contributed by atoms with Crippen LogP contribution in [0.2, 0.25) is 0 Å². The Kier molecular flexibility index (Phi) is 4.29. The predicted molar refractivity (Wildman–Crippen MR) is 62.1 cm³/mol. The summed E-state index contributed by atoms with van der Waals surface area (Å²) in [5.74, 6) is -1.54. The summed E-state index contributed by atoms with van der Waals surface area (Å²) < 4.78 is 18.0. The number of anilines is 1. The molecule has 0 amide bonds. The van der Waals surface area contributed by atoms with Gasteiger partial charge in [-0.15, -0.1) is 0 Å². The van der Waals surface area contributed by atoms with E-state index in [1.165, 1.54) is 7.11 Å². The first-order valence-corrected chi connectivity index (χ1v) is 4.85. The maximum absolute atomic E-state index is 13.1. The number of halogens is 1. The van der Waals surface area contributed by atoms with E-state index >= 15 is 0 Å². The lowest BCUT2D eigenvalue weighted by molar-refractivity contribution is 0.401. The SMILES string of the molecule is COc1cc(F)c(O)cc1NC(C#N)=C(C#N)C#N. The van der Waals surface area contributed by atoms with Gasteiger partial charge in [-0.3, -0.25) is 0 Å². The number of aromatic hydroxyl groups is 1. The van der Waals surface area contributed by atoms with Gasteiger partial charge in [0.2, 0.25) is 0 Å². The minimum Gasteiger partial charge on any atom is -0.505 e. The average Bonchev–Trinajstić information content (AvgIpc) is 2.42. The van der Waals surface area contributed by atoms with Gasteiger partial charge in [0.25, 0.3) is 0 Å². The Labute approximate surface area is 108 Å². The van der Waals surface area contributed by atoms with E-state index in [0.29, 0.717) is 0 Å². The maximum Gasteiger partial charge on any atom is 0.168 e. The van der Waals surface area contributed by atoms with Crippen LogP contribution in [0, 0.1) is 39.8 Å². The zero-order valence-corrected chi connectivity index (χ0v) is 9.73. The van der Waals surface area contributed by atoms with Crippen LogP contribution in [0.15, 0.2) is 23.4 Å². The number of rotatable bonds is 3. The highest BCUT2D eigenvalue weighted by Crippen LogP contribution is 2.32. The molecule has 0 heterocycles. The molecule has 19 heavy (non-hydrogen) atoms. The number of nitrogens with zero attached hydrogens (tertiary/aromatic N) is 3. The lowest BCUT2D eigenvalue weighted by atomic mass is 10.2. The summed E-state index contributed by atoms with van der Waals surface area (Å²) in [6, 6.07) is 6.61. The number of ether oxygens (including phenoxy) is 1. The molecular formula is C12H7FN4O2. The molecule has 0 spiro atoms. The highest BCUT2D eigenvalue weighted by molar-refractivity contribution is 5.66. The molecule has 0 saturated carbocycles. The minimum absolute atomic E-state index is 0.0123. The van der Waals surface area contributed by atoms with Gasteiger partial charge in [-0.2, -0.15) is 15.8 Å². The third-order valence-corrected chi connectivity index (χ3v) is 2.11. The Morgan fingerprint density at radius 2 is 1.89 bits per heavy atom. The number of phenols is 1. The number of hydrogen-bond acceptors (Lipinski definition) is 6. The van der Waals surface area contributed by atoms with Gasteiger partial charge in [-0.05, 0) is 0 Å². The second-order valence-electron chi connectivity index (χ2n) is 3.21. The second-order valence-corrected chi connectivity index (χ2v) is 3.21. The van der Waals surface area contributed by atoms with Crippen LogP contribution in [-0.4, -0.2) is 12.2 Å². The Bertz CT molecular complexity index is 646. The Morgan fingerprint density at radius 1 is 1.26 bits per heavy atom. The molecule has 1 aromatic rings. The van der Waals surface area contributed by atoms with Gasteiger partial charge >= 0.3 is 0 Å². The topological polar surface area (TPSA) is 113 Å². The van der Waals surface area contributed by atoms with Crippen molar-refractivity contribution in [3.05, 3.63) is 29.2 Å².